The van der Waals surface area contributed by atoms with Crippen molar-refractivity contribution >= 4 is 37.4 Å². The molecule has 0 spiro atoms. The molecule has 0 aliphatic carbocycles. The number of aromatic nitrogens is 3. The molecule has 0 bridgehead atoms. The number of fused-ring (bicyclic) bond motifs is 1. The number of aliphatic imine (C=N–C) groups is 1. The van der Waals surface area contributed by atoms with Crippen LogP contribution in [-0.4, -0.2) is 66.2 Å². The van der Waals surface area contributed by atoms with Crippen LogP contribution in [0, 0.1) is 5.92 Å². The Morgan fingerprint density at radius 1 is 1.18 bits per heavy atom. The Balaban J connectivity index is 1.61. The maximum Gasteiger partial charge on any atom is 0.413 e. The molecule has 0 aliphatic rings. The van der Waals surface area contributed by atoms with E-state index in [-0.39, 0.29) is 17.0 Å². The summed E-state index contributed by atoms with van der Waals surface area (Å²) in [6, 6.07) is 6.73. The van der Waals surface area contributed by atoms with Crippen LogP contribution in [0.5, 0.6) is 5.19 Å². The summed E-state index contributed by atoms with van der Waals surface area (Å²) in [5.74, 6) is 0.622. The third-order valence-corrected chi connectivity index (χ3v) is 7.96. The van der Waals surface area contributed by atoms with Gasteiger partial charge in [0, 0.05) is 43.4 Å². The number of thiazole rings is 1. The molecule has 0 amide bonds. The monoisotopic (exact) mass is 569 g/mol. The molecule has 3 rings (SSSR count). The molecule has 0 aliphatic heterocycles. The molecule has 0 aromatic carbocycles. The average molecular weight is 570 g/mol. The molecular weight excluding hydrogens is 539 g/mol. The van der Waals surface area contributed by atoms with Crippen molar-refractivity contribution in [1.82, 2.24) is 19.9 Å². The van der Waals surface area contributed by atoms with Gasteiger partial charge in [0.25, 0.3) is 5.19 Å². The van der Waals surface area contributed by atoms with Gasteiger partial charge in [0.1, 0.15) is 22.3 Å². The fraction of sp³-hybridized carbons (Fsp3) is 0.440. The zero-order chi connectivity index (χ0) is 28.3. The summed E-state index contributed by atoms with van der Waals surface area (Å²) < 4.78 is 67.3. The smallest absolute Gasteiger partial charge is 0.413 e. The van der Waals surface area contributed by atoms with Crippen molar-refractivity contribution in [2.75, 3.05) is 19.8 Å². The molecule has 1 unspecified atom stereocenters. The molecule has 0 fully saturated rings. The van der Waals surface area contributed by atoms with Crippen LogP contribution in [0.15, 0.2) is 52.3 Å². The van der Waals surface area contributed by atoms with E-state index in [1.165, 1.54) is 23.6 Å². The first-order valence-electron chi connectivity index (χ1n) is 11.8. The Hall–Kier alpha value is -3.06. The van der Waals surface area contributed by atoms with Crippen LogP contribution < -0.4 is 4.74 Å². The van der Waals surface area contributed by atoms with E-state index in [1.807, 2.05) is 24.8 Å². The van der Waals surface area contributed by atoms with Gasteiger partial charge in [-0.05, 0) is 57.4 Å². The minimum Gasteiger partial charge on any atom is -0.467 e. The van der Waals surface area contributed by atoms with Crippen LogP contribution in [0.4, 0.5) is 13.2 Å². The Morgan fingerprint density at radius 2 is 1.89 bits per heavy atom. The Labute approximate surface area is 224 Å². The fourth-order valence-electron chi connectivity index (χ4n) is 3.19. The number of amidine groups is 1. The second kappa shape index (κ2) is 11.8. The predicted octanol–water partition coefficient (Wildman–Crippen LogP) is 5.77. The van der Waals surface area contributed by atoms with E-state index >= 15 is 0 Å². The van der Waals surface area contributed by atoms with Gasteiger partial charge < -0.3 is 9.64 Å². The molecular formula is C25H30F3N5O3S2. The van der Waals surface area contributed by atoms with Gasteiger partial charge in [0.15, 0.2) is 14.9 Å². The predicted molar refractivity (Wildman–Crippen MR) is 143 cm³/mol. The summed E-state index contributed by atoms with van der Waals surface area (Å²) in [6.45, 7) is 7.24. The van der Waals surface area contributed by atoms with Crippen LogP contribution in [0.1, 0.15) is 34.1 Å². The Bertz CT molecular complexity index is 1430. The van der Waals surface area contributed by atoms with Crippen molar-refractivity contribution in [2.45, 2.75) is 51.4 Å². The topological polar surface area (TPSA) is 97.6 Å². The van der Waals surface area contributed by atoms with Crippen LogP contribution in [0.2, 0.25) is 0 Å². The lowest BCUT2D eigenvalue weighted by molar-refractivity contribution is -0.0914. The summed E-state index contributed by atoms with van der Waals surface area (Å²) >= 11 is 1.31. The first-order valence-corrected chi connectivity index (χ1v) is 14.5. The molecule has 3 aromatic rings. The van der Waals surface area contributed by atoms with Gasteiger partial charge in [-0.1, -0.05) is 18.3 Å². The minimum absolute atomic E-state index is 0.000870. The van der Waals surface area contributed by atoms with E-state index in [1.54, 1.807) is 26.1 Å². The lowest BCUT2D eigenvalue weighted by Gasteiger charge is -2.24. The second-order valence-electron chi connectivity index (χ2n) is 9.15. The van der Waals surface area contributed by atoms with E-state index in [9.17, 15) is 21.6 Å². The van der Waals surface area contributed by atoms with Crippen LogP contribution in [-0.2, 0) is 9.84 Å². The average Bonchev–Trinajstić information content (AvgIpc) is 3.25. The van der Waals surface area contributed by atoms with Crippen molar-refractivity contribution in [2.24, 2.45) is 10.9 Å². The van der Waals surface area contributed by atoms with Gasteiger partial charge in [-0.25, -0.2) is 28.4 Å². The van der Waals surface area contributed by atoms with Crippen molar-refractivity contribution < 1.29 is 26.3 Å². The van der Waals surface area contributed by atoms with E-state index < -0.39 is 21.6 Å². The highest BCUT2D eigenvalue weighted by Crippen LogP contribution is 2.30. The van der Waals surface area contributed by atoms with Gasteiger partial charge in [0.05, 0.1) is 5.69 Å². The highest BCUT2D eigenvalue weighted by Gasteiger charge is 2.29. The maximum absolute atomic E-state index is 12.6. The van der Waals surface area contributed by atoms with Crippen LogP contribution >= 0.6 is 11.3 Å². The summed E-state index contributed by atoms with van der Waals surface area (Å²) in [5.41, 5.74) is 1.26. The number of ether oxygens (including phenoxy) is 1. The lowest BCUT2D eigenvalue weighted by atomic mass is 10.0. The zero-order valence-corrected chi connectivity index (χ0v) is 23.6. The van der Waals surface area contributed by atoms with Gasteiger partial charge in [-0.2, -0.15) is 13.2 Å². The summed E-state index contributed by atoms with van der Waals surface area (Å²) in [6.07, 6.45) is -0.394. The quantitative estimate of drug-likeness (QED) is 0.238. The largest absolute Gasteiger partial charge is 0.467 e. The number of hydrogen-bond donors (Lipinski definition) is 0. The zero-order valence-electron chi connectivity index (χ0n) is 21.9. The molecule has 206 valence electrons. The Morgan fingerprint density at radius 3 is 2.50 bits per heavy atom. The first kappa shape index (κ1) is 29.5. The molecule has 8 nitrogen and oxygen atoms in total. The molecule has 13 heteroatoms. The van der Waals surface area contributed by atoms with Gasteiger partial charge in [-0.15, -0.1) is 0 Å². The molecule has 0 radical (unpaired) electrons. The minimum atomic E-state index is -4.38. The summed E-state index contributed by atoms with van der Waals surface area (Å²) in [5, 5.41) is 0.481. The molecule has 3 aromatic heterocycles. The number of rotatable bonds is 9. The number of sulfone groups is 1. The molecule has 0 saturated heterocycles. The number of allylic oxidation sites excluding steroid dienone is 1. The number of alkyl halides is 3. The molecule has 2 atom stereocenters. The van der Waals surface area contributed by atoms with Gasteiger partial charge in [-0.3, -0.25) is 0 Å². The third-order valence-electron chi connectivity index (χ3n) is 6.10. The van der Waals surface area contributed by atoms with E-state index in [0.29, 0.717) is 39.2 Å². The lowest BCUT2D eigenvalue weighted by Crippen LogP contribution is -2.29. The van der Waals surface area contributed by atoms with Crippen molar-refractivity contribution in [3.05, 3.63) is 42.2 Å². The highest BCUT2D eigenvalue weighted by atomic mass is 32.2. The molecule has 38 heavy (non-hydrogen) atoms. The standard InChI is InChI=1S/C25H30F3N5O3S2/c1-15(11-12-33(5)18(4)29-13-16(2)25(26,27)28)17(3)36-24-32-21-9-8-20(31-23(21)37-24)19-7-10-22(30-14-19)38(6,34)35/h7-10,13-15,17H,11-12H2,1-6H3/b16-13+,29-18?/t15?,17-/m0/s1. The van der Waals surface area contributed by atoms with Crippen LogP contribution in [0.25, 0.3) is 21.6 Å². The number of halogens is 3. The molecule has 0 N–H and O–H groups in total. The van der Waals surface area contributed by atoms with Crippen LogP contribution in [0.3, 0.4) is 0 Å². The summed E-state index contributed by atoms with van der Waals surface area (Å²) in [4.78, 5) is 19.6. The number of pyridine rings is 2. The van der Waals surface area contributed by atoms with E-state index in [0.717, 1.165) is 25.8 Å². The number of nitrogens with zero attached hydrogens (tertiary/aromatic N) is 5. The second-order valence-corrected chi connectivity index (χ2v) is 12.1. The first-order chi connectivity index (χ1) is 17.6. The maximum atomic E-state index is 12.6. The highest BCUT2D eigenvalue weighted by molar-refractivity contribution is 7.90. The fourth-order valence-corrected chi connectivity index (χ4v) is 4.62. The van der Waals surface area contributed by atoms with Gasteiger partial charge in [0.2, 0.25) is 0 Å². The van der Waals surface area contributed by atoms with Crippen molar-refractivity contribution in [1.29, 1.82) is 0 Å². The normalized spacial score (nSPS) is 15.0. The van der Waals surface area contributed by atoms with Gasteiger partial charge >= 0.3 is 6.18 Å². The Kier molecular flexibility index (Phi) is 9.13. The molecule has 3 heterocycles. The molecule has 0 saturated carbocycles. The van der Waals surface area contributed by atoms with E-state index in [2.05, 4.69) is 19.9 Å². The number of hydrogen-bond acceptors (Lipinski definition) is 8. The van der Waals surface area contributed by atoms with Crippen molar-refractivity contribution in [3.8, 4) is 16.5 Å². The van der Waals surface area contributed by atoms with E-state index in [4.69, 9.17) is 4.74 Å². The van der Waals surface area contributed by atoms with Crippen molar-refractivity contribution in [3.63, 3.8) is 0 Å². The SMILES string of the molecule is CC(=N/C=C(\C)C(F)(F)F)N(C)CCC(C)[C@H](C)Oc1nc2ccc(-c3ccc(S(C)(=O)=O)nc3)nc2s1. The third kappa shape index (κ3) is 7.73. The summed E-state index contributed by atoms with van der Waals surface area (Å²) in [7, 11) is -1.59.